The minimum absolute atomic E-state index is 0.516. The smallest absolute Gasteiger partial charge is 0.0508 e. The molecule has 0 spiro atoms. The van der Waals surface area contributed by atoms with Crippen molar-refractivity contribution in [2.45, 2.75) is 0 Å². The van der Waals surface area contributed by atoms with E-state index in [1.807, 2.05) is 0 Å². The number of benzene rings is 1. The predicted octanol–water partition coefficient (Wildman–Crippen LogP) is 2.99. The first-order valence-corrected chi connectivity index (χ1v) is 3.46. The van der Waals surface area contributed by atoms with E-state index < -0.39 is 0 Å². The average molecular weight is 174 g/mol. The Bertz CT molecular complexity index is 238. The molecular weight excluding hydrogens is 169 g/mol. The van der Waals surface area contributed by atoms with Crippen molar-refractivity contribution in [1.82, 2.24) is 0 Å². The van der Waals surface area contributed by atoms with Crippen LogP contribution in [0.2, 0.25) is 10.0 Å². The van der Waals surface area contributed by atoms with Crippen molar-refractivity contribution in [3.63, 3.8) is 0 Å². The largest absolute Gasteiger partial charge is 0.308 e. The Kier molecular flexibility index (Phi) is 2.30. The molecule has 0 aromatic heterocycles. The van der Waals surface area contributed by atoms with Gasteiger partial charge in [0.05, 0.1) is 10.0 Å². The summed E-state index contributed by atoms with van der Waals surface area (Å²) in [4.78, 5) is 0. The molecule has 1 aromatic carbocycles. The summed E-state index contributed by atoms with van der Waals surface area (Å²) in [5.41, 5.74) is 0.575. The molecule has 0 radical (unpaired) electrons. The normalized spacial score (nSPS) is 9.40. The standard InChI is InChI=1S/C7H5Cl2N/c8-6-2-1-3-7(9)5(6)4-10/h1-4,10H. The van der Waals surface area contributed by atoms with Crippen molar-refractivity contribution in [3.8, 4) is 0 Å². The van der Waals surface area contributed by atoms with Crippen LogP contribution in [0.1, 0.15) is 5.56 Å². The molecule has 1 N–H and O–H groups in total. The molecule has 3 heteroatoms. The van der Waals surface area contributed by atoms with Gasteiger partial charge in [-0.2, -0.15) is 0 Å². The lowest BCUT2D eigenvalue weighted by atomic mass is 10.2. The van der Waals surface area contributed by atoms with Crippen LogP contribution in [0.25, 0.3) is 0 Å². The molecule has 1 aromatic rings. The van der Waals surface area contributed by atoms with E-state index in [1.165, 1.54) is 0 Å². The molecule has 0 bridgehead atoms. The zero-order valence-electron chi connectivity index (χ0n) is 5.07. The van der Waals surface area contributed by atoms with Gasteiger partial charge in [-0.25, -0.2) is 0 Å². The van der Waals surface area contributed by atoms with Crippen LogP contribution >= 0.6 is 23.2 Å². The van der Waals surface area contributed by atoms with Gasteiger partial charge in [0, 0.05) is 11.8 Å². The molecule has 0 aliphatic carbocycles. The Morgan fingerprint density at radius 1 is 1.20 bits per heavy atom. The molecule has 0 aliphatic heterocycles. The van der Waals surface area contributed by atoms with Crippen molar-refractivity contribution in [2.24, 2.45) is 0 Å². The Hall–Kier alpha value is -0.530. The van der Waals surface area contributed by atoms with Gasteiger partial charge >= 0.3 is 0 Å². The molecule has 0 aliphatic rings. The summed E-state index contributed by atoms with van der Waals surface area (Å²) in [7, 11) is 0. The minimum atomic E-state index is 0.516. The second-order valence-corrected chi connectivity index (χ2v) is 2.59. The van der Waals surface area contributed by atoms with Crippen LogP contribution in [0.3, 0.4) is 0 Å². The van der Waals surface area contributed by atoms with Gasteiger partial charge < -0.3 is 5.41 Å². The molecule has 1 rings (SSSR count). The van der Waals surface area contributed by atoms with Gasteiger partial charge in [0.1, 0.15) is 0 Å². The van der Waals surface area contributed by atoms with Crippen molar-refractivity contribution >= 4 is 29.4 Å². The van der Waals surface area contributed by atoms with E-state index in [9.17, 15) is 0 Å². The summed E-state index contributed by atoms with van der Waals surface area (Å²) in [6, 6.07) is 5.15. The summed E-state index contributed by atoms with van der Waals surface area (Å²) in [5.74, 6) is 0. The van der Waals surface area contributed by atoms with Gasteiger partial charge in [-0.15, -0.1) is 0 Å². The predicted molar refractivity (Wildman–Crippen MR) is 44.3 cm³/mol. The molecule has 1 nitrogen and oxygen atoms in total. The first-order valence-electron chi connectivity index (χ1n) is 2.70. The Morgan fingerprint density at radius 3 is 2.00 bits per heavy atom. The van der Waals surface area contributed by atoms with Crippen LogP contribution in [0.5, 0.6) is 0 Å². The summed E-state index contributed by atoms with van der Waals surface area (Å²) >= 11 is 11.4. The van der Waals surface area contributed by atoms with E-state index >= 15 is 0 Å². The molecule has 0 unspecified atom stereocenters. The maximum absolute atomic E-state index is 6.93. The summed E-state index contributed by atoms with van der Waals surface area (Å²) in [6.07, 6.45) is 1.14. The number of rotatable bonds is 1. The van der Waals surface area contributed by atoms with Crippen molar-refractivity contribution in [2.75, 3.05) is 0 Å². The molecule has 0 fully saturated rings. The third-order valence-electron chi connectivity index (χ3n) is 1.14. The fourth-order valence-corrected chi connectivity index (χ4v) is 1.16. The third kappa shape index (κ3) is 1.31. The zero-order valence-corrected chi connectivity index (χ0v) is 6.58. The summed E-state index contributed by atoms with van der Waals surface area (Å²) in [6.45, 7) is 0. The molecular formula is C7H5Cl2N. The molecule has 0 amide bonds. The monoisotopic (exact) mass is 173 g/mol. The Labute approximate surface area is 69.1 Å². The molecule has 0 saturated carbocycles. The SMILES string of the molecule is N=Cc1c(Cl)cccc1Cl. The van der Waals surface area contributed by atoms with E-state index in [4.69, 9.17) is 28.6 Å². The molecule has 52 valence electrons. The molecule has 10 heavy (non-hydrogen) atoms. The lowest BCUT2D eigenvalue weighted by molar-refractivity contribution is 1.54. The lowest BCUT2D eigenvalue weighted by Gasteiger charge is -1.97. The molecule has 0 saturated heterocycles. The summed E-state index contributed by atoms with van der Waals surface area (Å²) in [5, 5.41) is 7.96. The van der Waals surface area contributed by atoms with Crippen LogP contribution in [0, 0.1) is 5.41 Å². The van der Waals surface area contributed by atoms with Crippen molar-refractivity contribution in [3.05, 3.63) is 33.8 Å². The third-order valence-corrected chi connectivity index (χ3v) is 1.80. The molecule has 0 atom stereocenters. The highest BCUT2D eigenvalue weighted by molar-refractivity contribution is 6.38. The minimum Gasteiger partial charge on any atom is -0.308 e. The van der Waals surface area contributed by atoms with Crippen molar-refractivity contribution in [1.29, 1.82) is 5.41 Å². The topological polar surface area (TPSA) is 23.9 Å². The Morgan fingerprint density at radius 2 is 1.70 bits per heavy atom. The number of nitrogens with one attached hydrogen (secondary N) is 1. The van der Waals surface area contributed by atoms with Gasteiger partial charge in [-0.3, -0.25) is 0 Å². The van der Waals surface area contributed by atoms with E-state index in [0.717, 1.165) is 6.21 Å². The van der Waals surface area contributed by atoms with Gasteiger partial charge in [0.25, 0.3) is 0 Å². The zero-order chi connectivity index (χ0) is 7.56. The number of hydrogen-bond donors (Lipinski definition) is 1. The first-order chi connectivity index (χ1) is 4.75. The second kappa shape index (κ2) is 3.04. The van der Waals surface area contributed by atoms with Gasteiger partial charge in [0.15, 0.2) is 0 Å². The first kappa shape index (κ1) is 7.58. The average Bonchev–Trinajstić information content (AvgIpc) is 1.88. The quantitative estimate of drug-likeness (QED) is 0.632. The maximum Gasteiger partial charge on any atom is 0.0508 e. The summed E-state index contributed by atoms with van der Waals surface area (Å²) < 4.78 is 0. The van der Waals surface area contributed by atoms with Gasteiger partial charge in [-0.05, 0) is 12.1 Å². The van der Waals surface area contributed by atoms with E-state index in [2.05, 4.69) is 0 Å². The maximum atomic E-state index is 6.93. The Balaban J connectivity index is 3.30. The molecule has 0 heterocycles. The van der Waals surface area contributed by atoms with E-state index in [1.54, 1.807) is 18.2 Å². The number of halogens is 2. The van der Waals surface area contributed by atoms with Crippen LogP contribution in [-0.2, 0) is 0 Å². The fourth-order valence-electron chi connectivity index (χ4n) is 0.649. The lowest BCUT2D eigenvalue weighted by Crippen LogP contribution is -1.81. The van der Waals surface area contributed by atoms with Crippen LogP contribution in [0.4, 0.5) is 0 Å². The highest BCUT2D eigenvalue weighted by Gasteiger charge is 1.99. The van der Waals surface area contributed by atoms with Crippen LogP contribution in [0.15, 0.2) is 18.2 Å². The highest BCUT2D eigenvalue weighted by atomic mass is 35.5. The van der Waals surface area contributed by atoms with Crippen LogP contribution in [-0.4, -0.2) is 6.21 Å². The van der Waals surface area contributed by atoms with Crippen molar-refractivity contribution < 1.29 is 0 Å². The number of hydrogen-bond acceptors (Lipinski definition) is 1. The highest BCUT2D eigenvalue weighted by Crippen LogP contribution is 2.21. The van der Waals surface area contributed by atoms with E-state index in [0.29, 0.717) is 15.6 Å². The van der Waals surface area contributed by atoms with Gasteiger partial charge in [-0.1, -0.05) is 29.3 Å². The van der Waals surface area contributed by atoms with Gasteiger partial charge in [0.2, 0.25) is 0 Å². The second-order valence-electron chi connectivity index (χ2n) is 1.78. The fraction of sp³-hybridized carbons (Fsp3) is 0. The van der Waals surface area contributed by atoms with E-state index in [-0.39, 0.29) is 0 Å². The van der Waals surface area contributed by atoms with Crippen LogP contribution < -0.4 is 0 Å².